The molecule has 1 aliphatic rings. The van der Waals surface area contributed by atoms with Gasteiger partial charge in [-0.05, 0) is 18.3 Å². The van der Waals surface area contributed by atoms with Crippen molar-refractivity contribution < 1.29 is 0 Å². The van der Waals surface area contributed by atoms with Crippen LogP contribution in [0, 0.1) is 5.41 Å². The lowest BCUT2D eigenvalue weighted by molar-refractivity contribution is 0.160. The minimum atomic E-state index is 0.456. The number of rotatable bonds is 2. The van der Waals surface area contributed by atoms with E-state index < -0.39 is 0 Å². The van der Waals surface area contributed by atoms with Crippen molar-refractivity contribution >= 4 is 5.69 Å². The second kappa shape index (κ2) is 2.51. The van der Waals surface area contributed by atoms with Crippen molar-refractivity contribution in [2.24, 2.45) is 5.41 Å². The number of aromatic nitrogens is 2. The van der Waals surface area contributed by atoms with Gasteiger partial charge in [0.25, 0.3) is 0 Å². The topological polar surface area (TPSA) is 40.7 Å². The molecule has 2 rings (SSSR count). The molecule has 1 atom stereocenters. The molecule has 3 nitrogen and oxygen atoms in total. The van der Waals surface area contributed by atoms with E-state index in [4.69, 9.17) is 0 Å². The van der Waals surface area contributed by atoms with E-state index in [2.05, 4.69) is 29.4 Å². The molecule has 1 saturated carbocycles. The van der Waals surface area contributed by atoms with Crippen molar-refractivity contribution in [3.8, 4) is 0 Å². The van der Waals surface area contributed by atoms with Crippen LogP contribution in [0.4, 0.5) is 5.69 Å². The van der Waals surface area contributed by atoms with Gasteiger partial charge in [-0.2, -0.15) is 5.10 Å². The Bertz CT molecular complexity index is 251. The molecule has 3 heteroatoms. The molecule has 1 heterocycles. The van der Waals surface area contributed by atoms with Crippen LogP contribution in [0.2, 0.25) is 0 Å². The van der Waals surface area contributed by atoms with E-state index >= 15 is 0 Å². The quantitative estimate of drug-likeness (QED) is 0.703. The Morgan fingerprint density at radius 3 is 2.92 bits per heavy atom. The zero-order valence-corrected chi connectivity index (χ0v) is 7.59. The average molecular weight is 165 g/mol. The smallest absolute Gasteiger partial charge is 0.0726 e. The van der Waals surface area contributed by atoms with Gasteiger partial charge in [-0.25, -0.2) is 0 Å². The lowest BCUT2D eigenvalue weighted by Gasteiger charge is -2.45. The number of hydrogen-bond donors (Lipinski definition) is 2. The third-order valence-corrected chi connectivity index (χ3v) is 2.86. The Hall–Kier alpha value is -0.990. The van der Waals surface area contributed by atoms with E-state index in [-0.39, 0.29) is 0 Å². The SMILES string of the molecule is CC1(C)CCC1Nc1cn[nH]c1. The molecule has 1 aliphatic carbocycles. The van der Waals surface area contributed by atoms with Gasteiger partial charge in [0.15, 0.2) is 0 Å². The maximum Gasteiger partial charge on any atom is 0.0726 e. The lowest BCUT2D eigenvalue weighted by atomic mass is 9.67. The van der Waals surface area contributed by atoms with Crippen LogP contribution in [0.5, 0.6) is 0 Å². The van der Waals surface area contributed by atoms with Crippen LogP contribution >= 0.6 is 0 Å². The van der Waals surface area contributed by atoms with Gasteiger partial charge in [0.1, 0.15) is 0 Å². The van der Waals surface area contributed by atoms with Crippen molar-refractivity contribution in [2.45, 2.75) is 32.7 Å². The number of nitrogens with one attached hydrogen (secondary N) is 2. The molecule has 0 aromatic carbocycles. The second-order valence-corrected chi connectivity index (χ2v) is 4.21. The number of nitrogens with zero attached hydrogens (tertiary/aromatic N) is 1. The van der Waals surface area contributed by atoms with Crippen molar-refractivity contribution in [3.63, 3.8) is 0 Å². The monoisotopic (exact) mass is 165 g/mol. The van der Waals surface area contributed by atoms with Crippen LogP contribution in [0.3, 0.4) is 0 Å². The van der Waals surface area contributed by atoms with E-state index in [1.165, 1.54) is 12.8 Å². The lowest BCUT2D eigenvalue weighted by Crippen LogP contribution is -2.45. The second-order valence-electron chi connectivity index (χ2n) is 4.21. The third kappa shape index (κ3) is 1.19. The predicted octanol–water partition coefficient (Wildman–Crippen LogP) is 2.01. The van der Waals surface area contributed by atoms with Crippen molar-refractivity contribution in [1.29, 1.82) is 0 Å². The highest BCUT2D eigenvalue weighted by Crippen LogP contribution is 2.41. The first-order chi connectivity index (χ1) is 5.68. The number of hydrogen-bond acceptors (Lipinski definition) is 2. The summed E-state index contributed by atoms with van der Waals surface area (Å²) in [4.78, 5) is 0. The minimum Gasteiger partial charge on any atom is -0.379 e. The molecule has 0 spiro atoms. The van der Waals surface area contributed by atoms with Gasteiger partial charge in [-0.1, -0.05) is 13.8 Å². The van der Waals surface area contributed by atoms with Crippen LogP contribution in [0.1, 0.15) is 26.7 Å². The summed E-state index contributed by atoms with van der Waals surface area (Å²) in [6.45, 7) is 4.60. The summed E-state index contributed by atoms with van der Waals surface area (Å²) < 4.78 is 0. The Morgan fingerprint density at radius 1 is 1.67 bits per heavy atom. The average Bonchev–Trinajstić information content (AvgIpc) is 2.50. The van der Waals surface area contributed by atoms with Gasteiger partial charge < -0.3 is 5.32 Å². The Kier molecular flexibility index (Phi) is 1.60. The van der Waals surface area contributed by atoms with Crippen molar-refractivity contribution in [1.82, 2.24) is 10.2 Å². The van der Waals surface area contributed by atoms with Crippen LogP contribution in [-0.4, -0.2) is 16.2 Å². The zero-order chi connectivity index (χ0) is 8.60. The first-order valence-corrected chi connectivity index (χ1v) is 4.44. The van der Waals surface area contributed by atoms with Gasteiger partial charge in [-0.3, -0.25) is 5.10 Å². The molecular formula is C9H15N3. The van der Waals surface area contributed by atoms with Gasteiger partial charge in [0.05, 0.1) is 11.9 Å². The standard InChI is InChI=1S/C9H15N3/c1-9(2)4-3-8(9)12-7-5-10-11-6-7/h5-6,8,12H,3-4H2,1-2H3,(H,10,11). The van der Waals surface area contributed by atoms with Crippen molar-refractivity contribution in [2.75, 3.05) is 5.32 Å². The maximum absolute atomic E-state index is 3.89. The molecule has 1 unspecified atom stereocenters. The Labute approximate surface area is 72.6 Å². The first kappa shape index (κ1) is 7.65. The van der Waals surface area contributed by atoms with Gasteiger partial charge in [0, 0.05) is 12.2 Å². The van der Waals surface area contributed by atoms with Gasteiger partial charge in [-0.15, -0.1) is 0 Å². The van der Waals surface area contributed by atoms with Gasteiger partial charge >= 0.3 is 0 Å². The van der Waals surface area contributed by atoms with E-state index in [1.54, 1.807) is 0 Å². The van der Waals surface area contributed by atoms with E-state index in [1.807, 2.05) is 12.4 Å². The number of anilines is 1. The molecular weight excluding hydrogens is 150 g/mol. The van der Waals surface area contributed by atoms with E-state index in [9.17, 15) is 0 Å². The summed E-state index contributed by atoms with van der Waals surface area (Å²) in [5.41, 5.74) is 1.56. The summed E-state index contributed by atoms with van der Waals surface area (Å²) in [5.74, 6) is 0. The molecule has 1 aromatic heterocycles. The summed E-state index contributed by atoms with van der Waals surface area (Å²) in [6, 6.07) is 0.620. The Balaban J connectivity index is 1.97. The summed E-state index contributed by atoms with van der Waals surface area (Å²) >= 11 is 0. The third-order valence-electron chi connectivity index (χ3n) is 2.86. The number of H-pyrrole nitrogens is 1. The molecule has 0 aliphatic heterocycles. The fourth-order valence-corrected chi connectivity index (χ4v) is 1.66. The molecule has 12 heavy (non-hydrogen) atoms. The van der Waals surface area contributed by atoms with Crippen LogP contribution in [0.25, 0.3) is 0 Å². The molecule has 66 valence electrons. The normalized spacial score (nSPS) is 26.3. The van der Waals surface area contributed by atoms with E-state index in [0.717, 1.165) is 5.69 Å². The summed E-state index contributed by atoms with van der Waals surface area (Å²) in [7, 11) is 0. The molecule has 1 fully saturated rings. The largest absolute Gasteiger partial charge is 0.379 e. The zero-order valence-electron chi connectivity index (χ0n) is 7.59. The first-order valence-electron chi connectivity index (χ1n) is 4.44. The highest BCUT2D eigenvalue weighted by atomic mass is 15.1. The summed E-state index contributed by atoms with van der Waals surface area (Å²) in [6.07, 6.45) is 6.32. The van der Waals surface area contributed by atoms with Gasteiger partial charge in [0.2, 0.25) is 0 Å². The molecule has 0 amide bonds. The van der Waals surface area contributed by atoms with Crippen LogP contribution in [0.15, 0.2) is 12.4 Å². The van der Waals surface area contributed by atoms with E-state index in [0.29, 0.717) is 11.5 Å². The summed E-state index contributed by atoms with van der Waals surface area (Å²) in [5, 5.41) is 10.1. The molecule has 0 saturated heterocycles. The maximum atomic E-state index is 3.89. The molecule has 2 N–H and O–H groups in total. The molecule has 1 aromatic rings. The van der Waals surface area contributed by atoms with Crippen LogP contribution < -0.4 is 5.32 Å². The number of aromatic amines is 1. The highest BCUT2D eigenvalue weighted by molar-refractivity contribution is 5.40. The molecule has 0 radical (unpaired) electrons. The predicted molar refractivity (Wildman–Crippen MR) is 49.0 cm³/mol. The fourth-order valence-electron chi connectivity index (χ4n) is 1.66. The highest BCUT2D eigenvalue weighted by Gasteiger charge is 2.38. The molecule has 0 bridgehead atoms. The van der Waals surface area contributed by atoms with Crippen LogP contribution in [-0.2, 0) is 0 Å². The fraction of sp³-hybridized carbons (Fsp3) is 0.667. The van der Waals surface area contributed by atoms with Crippen molar-refractivity contribution in [3.05, 3.63) is 12.4 Å². The minimum absolute atomic E-state index is 0.456. The Morgan fingerprint density at radius 2 is 2.50 bits per heavy atom.